The summed E-state index contributed by atoms with van der Waals surface area (Å²) >= 11 is 1.34. The molecular formula is C4H8N4OS. The number of nitrogens with zero attached hydrogens (tertiary/aromatic N) is 1. The molecule has 4 N–H and O–H groups in total. The second-order valence-electron chi connectivity index (χ2n) is 1.67. The fourth-order valence-corrected chi connectivity index (χ4v) is 1.07. The van der Waals surface area contributed by atoms with Crippen molar-refractivity contribution >= 4 is 18.0 Å². The number of hydrogen-bond donors (Lipinski definition) is 3. The minimum absolute atomic E-state index is 0.208. The largest absolute Gasteiger partial charge is 0.317 e. The molecule has 0 saturated carbocycles. The van der Waals surface area contributed by atoms with Gasteiger partial charge in [-0.3, -0.25) is 14.5 Å². The smallest absolute Gasteiger partial charge is 0.254 e. The molecule has 6 heteroatoms. The van der Waals surface area contributed by atoms with Crippen molar-refractivity contribution in [1.29, 1.82) is 0 Å². The molecule has 0 aromatic heterocycles. The lowest BCUT2D eigenvalue weighted by Gasteiger charge is -2.09. The van der Waals surface area contributed by atoms with Crippen LogP contribution in [0, 0.1) is 0 Å². The van der Waals surface area contributed by atoms with Crippen LogP contribution in [0.5, 0.6) is 0 Å². The first-order valence-corrected chi connectivity index (χ1v) is 3.45. The second kappa shape index (κ2) is 3.33. The van der Waals surface area contributed by atoms with Gasteiger partial charge in [0.15, 0.2) is 0 Å². The first kappa shape index (κ1) is 7.23. The Kier molecular flexibility index (Phi) is 2.41. The maximum atomic E-state index is 10.6. The predicted molar refractivity (Wildman–Crippen MR) is 38.9 cm³/mol. The molecule has 10 heavy (non-hydrogen) atoms. The van der Waals surface area contributed by atoms with Gasteiger partial charge in [0.2, 0.25) is 0 Å². The van der Waals surface area contributed by atoms with Crippen LogP contribution < -0.4 is 16.0 Å². The van der Waals surface area contributed by atoms with E-state index in [2.05, 4.69) is 4.72 Å². The first-order valence-electron chi connectivity index (χ1n) is 2.68. The molecule has 0 radical (unpaired) electrons. The Bertz CT molecular complexity index is 159. The molecule has 0 unspecified atom stereocenters. The second-order valence-corrected chi connectivity index (χ2v) is 2.55. The first-order chi connectivity index (χ1) is 4.83. The standard InChI is InChI=1S/C4H8N4OS/c5-7-4(9)3-8-2-1-6-10-8/h1-2,6H,3,5H2,(H,7,9). The molecule has 1 amide bonds. The van der Waals surface area contributed by atoms with E-state index in [0.717, 1.165) is 0 Å². The highest BCUT2D eigenvalue weighted by atomic mass is 32.2. The average Bonchev–Trinajstić information content (AvgIpc) is 2.40. The minimum atomic E-state index is -0.208. The number of hydrogen-bond acceptors (Lipinski definition) is 5. The summed E-state index contributed by atoms with van der Waals surface area (Å²) in [6.07, 6.45) is 3.51. The van der Waals surface area contributed by atoms with Gasteiger partial charge < -0.3 is 4.72 Å². The summed E-state index contributed by atoms with van der Waals surface area (Å²) in [6, 6.07) is 0. The Labute approximate surface area is 62.9 Å². The average molecular weight is 160 g/mol. The van der Waals surface area contributed by atoms with Gasteiger partial charge in [0.05, 0.1) is 12.1 Å². The van der Waals surface area contributed by atoms with Crippen molar-refractivity contribution in [2.75, 3.05) is 6.54 Å². The number of nitrogens with one attached hydrogen (secondary N) is 2. The van der Waals surface area contributed by atoms with Crippen LogP contribution in [0.3, 0.4) is 0 Å². The van der Waals surface area contributed by atoms with Crippen LogP contribution in [-0.2, 0) is 4.79 Å². The van der Waals surface area contributed by atoms with Gasteiger partial charge in [-0.2, -0.15) is 0 Å². The van der Waals surface area contributed by atoms with Crippen molar-refractivity contribution in [3.8, 4) is 0 Å². The third-order valence-electron chi connectivity index (χ3n) is 0.939. The van der Waals surface area contributed by atoms with E-state index in [-0.39, 0.29) is 12.5 Å². The number of carbonyl (C=O) groups is 1. The van der Waals surface area contributed by atoms with Crippen molar-refractivity contribution < 1.29 is 4.79 Å². The zero-order chi connectivity index (χ0) is 7.40. The molecule has 0 aromatic rings. The summed E-state index contributed by atoms with van der Waals surface area (Å²) in [5.41, 5.74) is 2.04. The zero-order valence-electron chi connectivity index (χ0n) is 5.20. The van der Waals surface area contributed by atoms with E-state index in [1.807, 2.05) is 5.43 Å². The van der Waals surface area contributed by atoms with Crippen LogP contribution in [0.2, 0.25) is 0 Å². The maximum absolute atomic E-state index is 10.6. The van der Waals surface area contributed by atoms with E-state index in [4.69, 9.17) is 5.84 Å². The summed E-state index contributed by atoms with van der Waals surface area (Å²) in [4.78, 5) is 10.6. The van der Waals surface area contributed by atoms with Gasteiger partial charge in [0, 0.05) is 12.4 Å². The Balaban J connectivity index is 2.24. The molecule has 0 bridgehead atoms. The van der Waals surface area contributed by atoms with Crippen molar-refractivity contribution in [1.82, 2.24) is 14.5 Å². The lowest BCUT2D eigenvalue weighted by Crippen LogP contribution is -2.36. The molecule has 0 saturated heterocycles. The zero-order valence-corrected chi connectivity index (χ0v) is 6.02. The molecule has 0 aliphatic carbocycles. The molecule has 0 spiro atoms. The lowest BCUT2D eigenvalue weighted by atomic mass is 10.6. The van der Waals surface area contributed by atoms with Crippen molar-refractivity contribution in [3.63, 3.8) is 0 Å². The molecule has 0 atom stereocenters. The van der Waals surface area contributed by atoms with Crippen LogP contribution in [-0.4, -0.2) is 16.8 Å². The molecule has 0 aromatic carbocycles. The quantitative estimate of drug-likeness (QED) is 0.207. The topological polar surface area (TPSA) is 70.4 Å². The van der Waals surface area contributed by atoms with E-state index >= 15 is 0 Å². The maximum Gasteiger partial charge on any atom is 0.254 e. The van der Waals surface area contributed by atoms with Gasteiger partial charge in [-0.1, -0.05) is 0 Å². The highest BCUT2D eigenvalue weighted by Gasteiger charge is 2.08. The van der Waals surface area contributed by atoms with Crippen LogP contribution in [0.25, 0.3) is 0 Å². The highest BCUT2D eigenvalue weighted by molar-refractivity contribution is 7.95. The number of carbonyl (C=O) groups excluding carboxylic acids is 1. The fourth-order valence-electron chi connectivity index (χ4n) is 0.514. The summed E-state index contributed by atoms with van der Waals surface area (Å²) in [5, 5.41) is 0. The molecule has 56 valence electrons. The van der Waals surface area contributed by atoms with Gasteiger partial charge in [-0.15, -0.1) is 0 Å². The van der Waals surface area contributed by atoms with Gasteiger partial charge in [-0.05, 0) is 0 Å². The summed E-state index contributed by atoms with van der Waals surface area (Å²) in [5.74, 6) is 4.66. The summed E-state index contributed by atoms with van der Waals surface area (Å²) in [7, 11) is 0. The van der Waals surface area contributed by atoms with Gasteiger partial charge in [0.25, 0.3) is 5.91 Å². The fraction of sp³-hybridized carbons (Fsp3) is 0.250. The molecule has 1 aliphatic heterocycles. The van der Waals surface area contributed by atoms with Gasteiger partial charge in [0.1, 0.15) is 6.54 Å². The van der Waals surface area contributed by atoms with Gasteiger partial charge in [-0.25, -0.2) is 5.84 Å². The molecule has 1 aliphatic rings. The van der Waals surface area contributed by atoms with Crippen molar-refractivity contribution in [3.05, 3.63) is 12.4 Å². The number of hydrazine groups is 1. The summed E-state index contributed by atoms with van der Waals surface area (Å²) in [6.45, 7) is 0.269. The molecule has 5 nitrogen and oxygen atoms in total. The van der Waals surface area contributed by atoms with Crippen LogP contribution >= 0.6 is 12.1 Å². The Morgan fingerprint density at radius 3 is 3.20 bits per heavy atom. The van der Waals surface area contributed by atoms with Crippen LogP contribution in [0.15, 0.2) is 12.4 Å². The van der Waals surface area contributed by atoms with Crippen molar-refractivity contribution in [2.24, 2.45) is 5.84 Å². The Hall–Kier alpha value is -0.880. The molecule has 0 fully saturated rings. The normalized spacial score (nSPS) is 15.1. The van der Waals surface area contributed by atoms with Crippen molar-refractivity contribution in [2.45, 2.75) is 0 Å². The Morgan fingerprint density at radius 2 is 2.70 bits per heavy atom. The Morgan fingerprint density at radius 1 is 1.90 bits per heavy atom. The molecule has 1 rings (SSSR count). The minimum Gasteiger partial charge on any atom is -0.317 e. The van der Waals surface area contributed by atoms with E-state index in [0.29, 0.717) is 0 Å². The van der Waals surface area contributed by atoms with E-state index < -0.39 is 0 Å². The number of rotatable bonds is 2. The van der Waals surface area contributed by atoms with E-state index in [9.17, 15) is 4.79 Å². The van der Waals surface area contributed by atoms with Crippen LogP contribution in [0.1, 0.15) is 0 Å². The number of nitrogens with two attached hydrogens (primary N) is 1. The van der Waals surface area contributed by atoms with E-state index in [1.165, 1.54) is 12.1 Å². The summed E-state index contributed by atoms with van der Waals surface area (Å²) < 4.78 is 4.57. The third-order valence-corrected chi connectivity index (χ3v) is 1.67. The van der Waals surface area contributed by atoms with E-state index in [1.54, 1.807) is 16.7 Å². The molecular weight excluding hydrogens is 152 g/mol. The monoisotopic (exact) mass is 160 g/mol. The van der Waals surface area contributed by atoms with Gasteiger partial charge >= 0.3 is 0 Å². The highest BCUT2D eigenvalue weighted by Crippen LogP contribution is 2.10. The number of amides is 1. The molecule has 1 heterocycles. The lowest BCUT2D eigenvalue weighted by molar-refractivity contribution is -0.120. The SMILES string of the molecule is NNC(=O)CN1C=CNS1. The third kappa shape index (κ3) is 1.82. The van der Waals surface area contributed by atoms with Crippen LogP contribution in [0.4, 0.5) is 0 Å². The predicted octanol–water partition coefficient (Wildman–Crippen LogP) is -1.08.